The third-order valence-electron chi connectivity index (χ3n) is 3.35. The number of halogens is 1. The number of rotatable bonds is 5. The molecule has 0 aliphatic rings. The van der Waals surface area contributed by atoms with Crippen LogP contribution in [0.15, 0.2) is 24.4 Å². The van der Waals surface area contributed by atoms with Crippen LogP contribution in [-0.2, 0) is 6.54 Å². The first-order chi connectivity index (χ1) is 10.0. The predicted molar refractivity (Wildman–Crippen MR) is 86.8 cm³/mol. The third kappa shape index (κ3) is 3.70. The Hall–Kier alpha value is -1.68. The minimum Gasteiger partial charge on any atom is -0.351 e. The topological polar surface area (TPSA) is 41.9 Å². The number of aromatic nitrogens is 3. The van der Waals surface area contributed by atoms with Crippen molar-refractivity contribution in [2.45, 2.75) is 40.2 Å². The maximum Gasteiger partial charge on any atom is 0.137 e. The average Bonchev–Trinajstić information content (AvgIpc) is 2.48. The van der Waals surface area contributed by atoms with E-state index < -0.39 is 0 Å². The maximum atomic E-state index is 6.27. The molecule has 0 atom stereocenters. The molecule has 0 spiro atoms. The third-order valence-corrected chi connectivity index (χ3v) is 3.72. The van der Waals surface area contributed by atoms with Gasteiger partial charge >= 0.3 is 0 Å². The Morgan fingerprint density at radius 2 is 2.00 bits per heavy atom. The van der Waals surface area contributed by atoms with Gasteiger partial charge < -0.3 is 4.90 Å². The van der Waals surface area contributed by atoms with Gasteiger partial charge in [0.25, 0.3) is 0 Å². The molecule has 21 heavy (non-hydrogen) atoms. The van der Waals surface area contributed by atoms with E-state index in [9.17, 15) is 0 Å². The average molecular weight is 305 g/mol. The van der Waals surface area contributed by atoms with E-state index in [4.69, 9.17) is 16.6 Å². The fourth-order valence-electron chi connectivity index (χ4n) is 2.08. The van der Waals surface area contributed by atoms with E-state index in [0.717, 1.165) is 29.4 Å². The number of hydrogen-bond donors (Lipinski definition) is 0. The Balaban J connectivity index is 2.37. The fourth-order valence-corrected chi connectivity index (χ4v) is 2.25. The summed E-state index contributed by atoms with van der Waals surface area (Å²) < 4.78 is 0. The van der Waals surface area contributed by atoms with Crippen molar-refractivity contribution in [2.75, 3.05) is 11.4 Å². The van der Waals surface area contributed by atoms with Crippen molar-refractivity contribution >= 4 is 17.4 Å². The second-order valence-electron chi connectivity index (χ2n) is 5.31. The first-order valence-electron chi connectivity index (χ1n) is 7.21. The molecule has 0 amide bonds. The van der Waals surface area contributed by atoms with Gasteiger partial charge in [0.2, 0.25) is 0 Å². The first kappa shape index (κ1) is 15.7. The Morgan fingerprint density at radius 1 is 1.24 bits per heavy atom. The molecule has 2 rings (SSSR count). The summed E-state index contributed by atoms with van der Waals surface area (Å²) in [4.78, 5) is 15.6. The number of nitrogens with zero attached hydrogens (tertiary/aromatic N) is 4. The number of pyridine rings is 1. The van der Waals surface area contributed by atoms with Crippen molar-refractivity contribution in [3.63, 3.8) is 0 Å². The summed E-state index contributed by atoms with van der Waals surface area (Å²) in [5.74, 6) is 1.92. The molecule has 0 aromatic carbocycles. The van der Waals surface area contributed by atoms with Gasteiger partial charge in [0.05, 0.1) is 12.2 Å². The minimum atomic E-state index is 0.246. The summed E-state index contributed by atoms with van der Waals surface area (Å²) >= 11 is 6.27. The van der Waals surface area contributed by atoms with E-state index in [1.807, 2.05) is 31.3 Å². The molecule has 0 fully saturated rings. The van der Waals surface area contributed by atoms with E-state index >= 15 is 0 Å². The molecule has 5 heteroatoms. The molecule has 0 aliphatic carbocycles. The second kappa shape index (κ2) is 6.85. The van der Waals surface area contributed by atoms with Crippen molar-refractivity contribution < 1.29 is 0 Å². The lowest BCUT2D eigenvalue weighted by Crippen LogP contribution is -2.25. The van der Waals surface area contributed by atoms with Crippen LogP contribution in [0.2, 0.25) is 5.15 Å². The summed E-state index contributed by atoms with van der Waals surface area (Å²) in [6.07, 6.45) is 1.81. The summed E-state index contributed by atoms with van der Waals surface area (Å²) in [6.45, 7) is 9.75. The summed E-state index contributed by atoms with van der Waals surface area (Å²) in [7, 11) is 0. The monoisotopic (exact) mass is 304 g/mol. The van der Waals surface area contributed by atoms with Gasteiger partial charge in [-0.3, -0.25) is 4.98 Å². The van der Waals surface area contributed by atoms with Crippen LogP contribution in [0, 0.1) is 6.92 Å². The number of anilines is 1. The molecule has 112 valence electrons. The smallest absolute Gasteiger partial charge is 0.137 e. The van der Waals surface area contributed by atoms with Gasteiger partial charge in [0.15, 0.2) is 0 Å². The highest BCUT2D eigenvalue weighted by molar-refractivity contribution is 6.30. The molecule has 0 unspecified atom stereocenters. The van der Waals surface area contributed by atoms with Crippen molar-refractivity contribution in [3.05, 3.63) is 46.6 Å². The predicted octanol–water partition coefficient (Wildman–Crippen LogP) is 3.98. The highest BCUT2D eigenvalue weighted by Gasteiger charge is 2.16. The zero-order chi connectivity index (χ0) is 15.4. The van der Waals surface area contributed by atoms with E-state index in [-0.39, 0.29) is 5.92 Å². The molecule has 0 aliphatic heterocycles. The normalized spacial score (nSPS) is 11.0. The lowest BCUT2D eigenvalue weighted by molar-refractivity contribution is 0.737. The standard InChI is InChI=1S/C16H21ClN4/c1-5-21(10-13-8-6-7-9-18-13)16-12(4)14(17)19-15(20-16)11(2)3/h6-9,11H,5,10H2,1-4H3. The molecule has 0 radical (unpaired) electrons. The van der Waals surface area contributed by atoms with Gasteiger partial charge in [-0.15, -0.1) is 0 Å². The molecule has 0 bridgehead atoms. The van der Waals surface area contributed by atoms with Crippen LogP contribution >= 0.6 is 11.6 Å². The summed E-state index contributed by atoms with van der Waals surface area (Å²) in [5, 5.41) is 0.531. The molecule has 2 heterocycles. The van der Waals surface area contributed by atoms with Gasteiger partial charge in [-0.25, -0.2) is 9.97 Å². The SMILES string of the molecule is CCN(Cc1ccccn1)c1nc(C(C)C)nc(Cl)c1C. The Bertz CT molecular complexity index is 599. The van der Waals surface area contributed by atoms with Gasteiger partial charge in [-0.2, -0.15) is 0 Å². The Kier molecular flexibility index (Phi) is 5.12. The Labute approximate surface area is 131 Å². The van der Waals surface area contributed by atoms with Crippen LogP contribution in [0.5, 0.6) is 0 Å². The van der Waals surface area contributed by atoms with Crippen LogP contribution in [0.1, 0.15) is 43.8 Å². The molecule has 0 N–H and O–H groups in total. The fraction of sp³-hybridized carbons (Fsp3) is 0.438. The molecule has 4 nitrogen and oxygen atoms in total. The highest BCUT2D eigenvalue weighted by atomic mass is 35.5. The number of hydrogen-bond acceptors (Lipinski definition) is 4. The van der Waals surface area contributed by atoms with Gasteiger partial charge in [-0.05, 0) is 26.0 Å². The van der Waals surface area contributed by atoms with Crippen molar-refractivity contribution in [3.8, 4) is 0 Å². The minimum absolute atomic E-state index is 0.246. The Morgan fingerprint density at radius 3 is 2.57 bits per heavy atom. The van der Waals surface area contributed by atoms with Crippen LogP contribution in [0.4, 0.5) is 5.82 Å². The molecular weight excluding hydrogens is 284 g/mol. The second-order valence-corrected chi connectivity index (χ2v) is 5.67. The first-order valence-corrected chi connectivity index (χ1v) is 7.59. The van der Waals surface area contributed by atoms with Gasteiger partial charge in [-0.1, -0.05) is 31.5 Å². The maximum absolute atomic E-state index is 6.27. The highest BCUT2D eigenvalue weighted by Crippen LogP contribution is 2.26. The zero-order valence-corrected chi connectivity index (χ0v) is 13.7. The lowest BCUT2D eigenvalue weighted by Gasteiger charge is -2.24. The largest absolute Gasteiger partial charge is 0.351 e. The molecule has 0 saturated heterocycles. The summed E-state index contributed by atoms with van der Waals surface area (Å²) in [6, 6.07) is 5.93. The van der Waals surface area contributed by atoms with Crippen LogP contribution in [0.25, 0.3) is 0 Å². The van der Waals surface area contributed by atoms with Crippen LogP contribution < -0.4 is 4.90 Å². The molecule has 0 saturated carbocycles. The van der Waals surface area contributed by atoms with E-state index in [0.29, 0.717) is 11.7 Å². The summed E-state index contributed by atoms with van der Waals surface area (Å²) in [5.41, 5.74) is 1.93. The van der Waals surface area contributed by atoms with Crippen molar-refractivity contribution in [1.29, 1.82) is 0 Å². The molecular formula is C16H21ClN4. The van der Waals surface area contributed by atoms with Gasteiger partial charge in [0.1, 0.15) is 16.8 Å². The quantitative estimate of drug-likeness (QED) is 0.783. The van der Waals surface area contributed by atoms with Crippen LogP contribution in [0.3, 0.4) is 0 Å². The van der Waals surface area contributed by atoms with E-state index in [2.05, 4.69) is 35.6 Å². The van der Waals surface area contributed by atoms with E-state index in [1.54, 1.807) is 0 Å². The van der Waals surface area contributed by atoms with Crippen molar-refractivity contribution in [2.24, 2.45) is 0 Å². The van der Waals surface area contributed by atoms with Crippen LogP contribution in [-0.4, -0.2) is 21.5 Å². The zero-order valence-electron chi connectivity index (χ0n) is 13.0. The lowest BCUT2D eigenvalue weighted by atomic mass is 10.2. The van der Waals surface area contributed by atoms with E-state index in [1.165, 1.54) is 0 Å². The molecule has 2 aromatic heterocycles. The van der Waals surface area contributed by atoms with Crippen molar-refractivity contribution in [1.82, 2.24) is 15.0 Å². The van der Waals surface area contributed by atoms with Gasteiger partial charge in [0, 0.05) is 24.2 Å². The molecule has 2 aromatic rings.